The van der Waals surface area contributed by atoms with E-state index >= 15 is 0 Å². The maximum Gasteiger partial charge on any atom is 0.234 e. The molecule has 194 valence electrons. The molecular formula is C28H26FN5O2S2. The second-order valence-corrected chi connectivity index (χ2v) is 10.7. The van der Waals surface area contributed by atoms with Gasteiger partial charge in [0.05, 0.1) is 16.0 Å². The lowest BCUT2D eigenvalue weighted by Gasteiger charge is -2.15. The van der Waals surface area contributed by atoms with Crippen molar-refractivity contribution in [2.24, 2.45) is 0 Å². The van der Waals surface area contributed by atoms with Crippen molar-refractivity contribution < 1.29 is 13.9 Å². The van der Waals surface area contributed by atoms with Crippen LogP contribution in [0.25, 0.3) is 20.8 Å². The Kier molecular flexibility index (Phi) is 7.71. The number of anilines is 1. The molecule has 5 aromatic rings. The summed E-state index contributed by atoms with van der Waals surface area (Å²) in [6.07, 6.45) is -0.394. The van der Waals surface area contributed by atoms with E-state index in [4.69, 9.17) is 9.72 Å². The molecule has 1 atom stereocenters. The van der Waals surface area contributed by atoms with Crippen LogP contribution in [-0.4, -0.2) is 31.4 Å². The van der Waals surface area contributed by atoms with Gasteiger partial charge in [0.1, 0.15) is 16.6 Å². The van der Waals surface area contributed by atoms with Crippen LogP contribution in [0.5, 0.6) is 5.75 Å². The Morgan fingerprint density at radius 1 is 1.11 bits per heavy atom. The van der Waals surface area contributed by atoms with E-state index in [0.29, 0.717) is 23.3 Å². The van der Waals surface area contributed by atoms with Gasteiger partial charge in [0.2, 0.25) is 5.91 Å². The Bertz CT molecular complexity index is 1560. The molecule has 0 aliphatic heterocycles. The molecule has 2 aromatic heterocycles. The Morgan fingerprint density at radius 2 is 1.87 bits per heavy atom. The molecule has 38 heavy (non-hydrogen) atoms. The second-order valence-electron chi connectivity index (χ2n) is 8.70. The van der Waals surface area contributed by atoms with Crippen LogP contribution in [0.1, 0.15) is 31.3 Å². The summed E-state index contributed by atoms with van der Waals surface area (Å²) < 4.78 is 22.1. The van der Waals surface area contributed by atoms with E-state index in [9.17, 15) is 9.18 Å². The number of carbonyl (C=O) groups excluding carboxylic acids is 1. The molecule has 5 rings (SSSR count). The van der Waals surface area contributed by atoms with Crippen LogP contribution in [0.2, 0.25) is 0 Å². The number of ether oxygens (including phenoxy) is 1. The average Bonchev–Trinajstić information content (AvgIpc) is 3.53. The molecule has 7 nitrogen and oxygen atoms in total. The number of thiazole rings is 1. The van der Waals surface area contributed by atoms with Crippen molar-refractivity contribution in [1.29, 1.82) is 0 Å². The van der Waals surface area contributed by atoms with E-state index in [2.05, 4.69) is 34.6 Å². The van der Waals surface area contributed by atoms with Gasteiger partial charge in [-0.25, -0.2) is 9.37 Å². The van der Waals surface area contributed by atoms with Gasteiger partial charge in [-0.05, 0) is 87.0 Å². The first kappa shape index (κ1) is 25.9. The number of aryl methyl sites for hydroxylation is 1. The van der Waals surface area contributed by atoms with Gasteiger partial charge >= 0.3 is 0 Å². The van der Waals surface area contributed by atoms with Crippen molar-refractivity contribution in [2.75, 3.05) is 11.1 Å². The molecule has 10 heteroatoms. The van der Waals surface area contributed by atoms with Crippen molar-refractivity contribution in [3.8, 4) is 16.3 Å². The predicted octanol–water partition coefficient (Wildman–Crippen LogP) is 6.89. The maximum absolute atomic E-state index is 13.2. The van der Waals surface area contributed by atoms with Crippen LogP contribution < -0.4 is 10.1 Å². The fourth-order valence-electron chi connectivity index (χ4n) is 3.95. The van der Waals surface area contributed by atoms with Gasteiger partial charge in [0.25, 0.3) is 0 Å². The summed E-state index contributed by atoms with van der Waals surface area (Å²) in [5.41, 5.74) is 3.93. The zero-order chi connectivity index (χ0) is 26.6. The highest BCUT2D eigenvalue weighted by Crippen LogP contribution is 2.31. The molecule has 1 amide bonds. The molecular weight excluding hydrogens is 521 g/mol. The summed E-state index contributed by atoms with van der Waals surface area (Å²) in [5.74, 6) is 0.909. The minimum atomic E-state index is -0.394. The second kappa shape index (κ2) is 11.3. The maximum atomic E-state index is 13.2. The van der Waals surface area contributed by atoms with Crippen LogP contribution >= 0.6 is 23.1 Å². The normalized spacial score (nSPS) is 12.0. The molecule has 3 aromatic carbocycles. The molecule has 1 unspecified atom stereocenters. The lowest BCUT2D eigenvalue weighted by Crippen LogP contribution is -2.15. The molecule has 0 fully saturated rings. The third-order valence-corrected chi connectivity index (χ3v) is 7.88. The Balaban J connectivity index is 1.18. The average molecular weight is 548 g/mol. The predicted molar refractivity (Wildman–Crippen MR) is 150 cm³/mol. The number of fused-ring (bicyclic) bond motifs is 1. The topological polar surface area (TPSA) is 81.9 Å². The summed E-state index contributed by atoms with van der Waals surface area (Å²) in [6, 6.07) is 19.8. The van der Waals surface area contributed by atoms with Crippen molar-refractivity contribution in [2.45, 2.75) is 38.6 Å². The number of nitrogens with one attached hydrogen (secondary N) is 1. The van der Waals surface area contributed by atoms with Crippen LogP contribution in [0.3, 0.4) is 0 Å². The van der Waals surface area contributed by atoms with Crippen LogP contribution in [0.15, 0.2) is 71.9 Å². The highest BCUT2D eigenvalue weighted by molar-refractivity contribution is 7.99. The molecule has 0 aliphatic carbocycles. The van der Waals surface area contributed by atoms with Gasteiger partial charge in [-0.3, -0.25) is 4.79 Å². The van der Waals surface area contributed by atoms with E-state index in [1.165, 1.54) is 29.5 Å². The molecule has 0 radical (unpaired) electrons. The third-order valence-electron chi connectivity index (χ3n) is 5.84. The number of amides is 1. The van der Waals surface area contributed by atoms with Gasteiger partial charge in [0.15, 0.2) is 17.1 Å². The molecule has 1 N–H and O–H groups in total. The van der Waals surface area contributed by atoms with Crippen LogP contribution in [0, 0.1) is 12.7 Å². The fourth-order valence-corrected chi connectivity index (χ4v) is 5.83. The van der Waals surface area contributed by atoms with E-state index in [1.807, 2.05) is 48.7 Å². The Labute approximate surface area is 228 Å². The van der Waals surface area contributed by atoms with Gasteiger partial charge in [-0.1, -0.05) is 17.8 Å². The lowest BCUT2D eigenvalue weighted by atomic mass is 10.2. The number of hydrogen-bond donors (Lipinski definition) is 1. The Morgan fingerprint density at radius 3 is 2.61 bits per heavy atom. The van der Waals surface area contributed by atoms with Gasteiger partial charge in [-0.2, -0.15) is 0 Å². The molecule has 0 saturated heterocycles. The first-order valence-corrected chi connectivity index (χ1v) is 14.0. The number of carbonyl (C=O) groups is 1. The number of benzene rings is 3. The SMILES string of the molecule is CCn1c(SCC(=O)Nc2ccc(-c3nc4ccc(C)cc4s3)cc2)nnc1C(C)Oc1ccc(F)cc1. The minimum absolute atomic E-state index is 0.138. The summed E-state index contributed by atoms with van der Waals surface area (Å²) >= 11 is 2.97. The molecule has 0 aliphatic rings. The van der Waals surface area contributed by atoms with Crippen LogP contribution in [0.4, 0.5) is 10.1 Å². The summed E-state index contributed by atoms with van der Waals surface area (Å²) in [6.45, 7) is 6.54. The van der Waals surface area contributed by atoms with E-state index in [0.717, 1.165) is 26.5 Å². The van der Waals surface area contributed by atoms with Crippen LogP contribution in [-0.2, 0) is 11.3 Å². The number of halogens is 1. The monoisotopic (exact) mass is 547 g/mol. The molecule has 0 bridgehead atoms. The first-order valence-electron chi connectivity index (χ1n) is 12.1. The highest BCUT2D eigenvalue weighted by atomic mass is 32.2. The van der Waals surface area contributed by atoms with Gasteiger partial charge in [-0.15, -0.1) is 21.5 Å². The zero-order valence-corrected chi connectivity index (χ0v) is 22.8. The summed E-state index contributed by atoms with van der Waals surface area (Å²) in [4.78, 5) is 17.4. The summed E-state index contributed by atoms with van der Waals surface area (Å²) in [7, 11) is 0. The smallest absolute Gasteiger partial charge is 0.234 e. The van der Waals surface area contributed by atoms with Crippen molar-refractivity contribution in [1.82, 2.24) is 19.7 Å². The number of aromatic nitrogens is 4. The zero-order valence-electron chi connectivity index (χ0n) is 21.1. The van der Waals surface area contributed by atoms with E-state index < -0.39 is 6.10 Å². The quantitative estimate of drug-likeness (QED) is 0.202. The molecule has 0 saturated carbocycles. The van der Waals surface area contributed by atoms with Crippen molar-refractivity contribution in [3.05, 3.63) is 83.9 Å². The number of hydrogen-bond acceptors (Lipinski definition) is 7. The number of thioether (sulfide) groups is 1. The third kappa shape index (κ3) is 5.87. The Hall–Kier alpha value is -3.76. The number of nitrogens with zero attached hydrogens (tertiary/aromatic N) is 4. The van der Waals surface area contributed by atoms with Gasteiger partial charge in [0, 0.05) is 17.8 Å². The molecule has 0 spiro atoms. The van der Waals surface area contributed by atoms with Gasteiger partial charge < -0.3 is 14.6 Å². The number of rotatable bonds is 9. The largest absolute Gasteiger partial charge is 0.483 e. The fraction of sp³-hybridized carbons (Fsp3) is 0.214. The van der Waals surface area contributed by atoms with Crippen molar-refractivity contribution in [3.63, 3.8) is 0 Å². The lowest BCUT2D eigenvalue weighted by molar-refractivity contribution is -0.113. The highest BCUT2D eigenvalue weighted by Gasteiger charge is 2.19. The van der Waals surface area contributed by atoms with E-state index in [1.54, 1.807) is 23.5 Å². The van der Waals surface area contributed by atoms with Crippen molar-refractivity contribution >= 4 is 44.9 Å². The first-order chi connectivity index (χ1) is 18.4. The van der Waals surface area contributed by atoms with E-state index in [-0.39, 0.29) is 17.5 Å². The summed E-state index contributed by atoms with van der Waals surface area (Å²) in [5, 5.41) is 13.1. The molecule has 2 heterocycles. The minimum Gasteiger partial charge on any atom is -0.483 e. The standard InChI is InChI=1S/C28H26FN5O2S2/c1-4-34-26(18(3)36-22-12-8-20(29)9-13-22)32-33-28(34)37-16-25(35)30-21-10-6-19(7-11-21)27-31-23-14-5-17(2)15-24(23)38-27/h5-15,18H,4,16H2,1-3H3,(H,30,35).